The van der Waals surface area contributed by atoms with Crippen LogP contribution >= 0.6 is 15.9 Å². The van der Waals surface area contributed by atoms with Gasteiger partial charge in [-0.3, -0.25) is 4.79 Å². The summed E-state index contributed by atoms with van der Waals surface area (Å²) in [5.74, 6) is -0.371. The van der Waals surface area contributed by atoms with Gasteiger partial charge in [-0.25, -0.2) is 4.79 Å². The number of aliphatic carboxylic acids is 1. The van der Waals surface area contributed by atoms with Crippen LogP contribution in [0.4, 0.5) is 0 Å². The van der Waals surface area contributed by atoms with Crippen LogP contribution in [0, 0.1) is 0 Å². The smallest absolute Gasteiger partial charge is 0.344 e. The molecule has 5 nitrogen and oxygen atoms in total. The maximum Gasteiger partial charge on any atom is 0.344 e. The van der Waals surface area contributed by atoms with Crippen molar-refractivity contribution in [1.82, 2.24) is 0 Å². The maximum atomic E-state index is 12.4. The molecule has 122 valence electrons. The molecule has 24 heavy (non-hydrogen) atoms. The van der Waals surface area contributed by atoms with Crippen LogP contribution in [0.1, 0.15) is 22.8 Å². The van der Waals surface area contributed by atoms with Gasteiger partial charge in [0.25, 0.3) is 0 Å². The van der Waals surface area contributed by atoms with Crippen LogP contribution in [-0.4, -0.2) is 23.0 Å². The molecule has 0 fully saturated rings. The number of hydrogen-bond acceptors (Lipinski definition) is 4. The lowest BCUT2D eigenvalue weighted by Gasteiger charge is -2.10. The molecule has 2 aromatic carbocycles. The second-order valence-corrected chi connectivity index (χ2v) is 6.16. The van der Waals surface area contributed by atoms with Gasteiger partial charge in [-0.05, 0) is 42.8 Å². The highest BCUT2D eigenvalue weighted by atomic mass is 79.9. The average Bonchev–Trinajstić information content (AvgIpc) is 2.85. The minimum absolute atomic E-state index is 0.217. The molecule has 0 aliphatic carbocycles. The quantitative estimate of drug-likeness (QED) is 0.803. The summed E-state index contributed by atoms with van der Waals surface area (Å²) < 4.78 is 11.8. The van der Waals surface area contributed by atoms with Crippen LogP contribution in [0.5, 0.6) is 11.5 Å². The van der Waals surface area contributed by atoms with E-state index in [9.17, 15) is 9.59 Å². The number of rotatable bonds is 4. The Balaban J connectivity index is 1.84. The number of Topliss-reactive ketones (excluding diaryl/α,β-unsaturated/α-hetero) is 1. The molecule has 1 aliphatic rings. The summed E-state index contributed by atoms with van der Waals surface area (Å²) in [6, 6.07) is 12.1. The first-order chi connectivity index (χ1) is 11.4. The zero-order chi connectivity index (χ0) is 17.3. The van der Waals surface area contributed by atoms with E-state index in [0.29, 0.717) is 17.1 Å². The van der Waals surface area contributed by atoms with Gasteiger partial charge in [0.05, 0.1) is 5.56 Å². The fraction of sp³-hybridized carbons (Fsp3) is 0.111. The number of carbonyl (C=O) groups excluding carboxylic acids is 1. The summed E-state index contributed by atoms with van der Waals surface area (Å²) in [5.41, 5.74) is 1.26. The van der Waals surface area contributed by atoms with Gasteiger partial charge in [0.1, 0.15) is 11.5 Å². The Morgan fingerprint density at radius 2 is 1.96 bits per heavy atom. The highest BCUT2D eigenvalue weighted by molar-refractivity contribution is 9.10. The standard InChI is InChI=1S/C18H13BrO5/c1-10(18(21)22)23-13-6-7-14-15(9-13)24-16(17(14)20)8-11-2-4-12(19)5-3-11/h2-10H,1H3,(H,21,22)/t10-/m1/s1. The number of hydrogen-bond donors (Lipinski definition) is 1. The van der Waals surface area contributed by atoms with Crippen molar-refractivity contribution in [3.05, 3.63) is 63.8 Å². The summed E-state index contributed by atoms with van der Waals surface area (Å²) >= 11 is 3.36. The molecule has 1 aliphatic heterocycles. The number of halogens is 1. The first kappa shape index (κ1) is 16.3. The van der Waals surface area contributed by atoms with Crippen molar-refractivity contribution in [1.29, 1.82) is 0 Å². The Hall–Kier alpha value is -2.60. The SMILES string of the molecule is C[C@@H](Oc1ccc2c(c1)OC(=Cc1ccc(Br)cc1)C2=O)C(=O)O. The first-order valence-electron chi connectivity index (χ1n) is 7.17. The summed E-state index contributed by atoms with van der Waals surface area (Å²) in [6.07, 6.45) is 0.674. The Morgan fingerprint density at radius 1 is 1.25 bits per heavy atom. The number of carbonyl (C=O) groups is 2. The van der Waals surface area contributed by atoms with Crippen molar-refractivity contribution in [3.8, 4) is 11.5 Å². The normalized spacial score (nSPS) is 15.8. The van der Waals surface area contributed by atoms with E-state index in [1.54, 1.807) is 18.2 Å². The lowest BCUT2D eigenvalue weighted by Crippen LogP contribution is -2.22. The van der Waals surface area contributed by atoms with E-state index in [-0.39, 0.29) is 11.5 Å². The van der Waals surface area contributed by atoms with E-state index in [1.165, 1.54) is 13.0 Å². The molecule has 0 aromatic heterocycles. The summed E-state index contributed by atoms with van der Waals surface area (Å²) in [7, 11) is 0. The van der Waals surface area contributed by atoms with Crippen molar-refractivity contribution in [2.24, 2.45) is 0 Å². The molecule has 1 atom stereocenters. The second-order valence-electron chi connectivity index (χ2n) is 5.25. The lowest BCUT2D eigenvalue weighted by molar-refractivity contribution is -0.144. The van der Waals surface area contributed by atoms with Gasteiger partial charge in [0.15, 0.2) is 11.9 Å². The van der Waals surface area contributed by atoms with Gasteiger partial charge in [-0.1, -0.05) is 28.1 Å². The van der Waals surface area contributed by atoms with Crippen molar-refractivity contribution in [2.45, 2.75) is 13.0 Å². The van der Waals surface area contributed by atoms with Crippen LogP contribution < -0.4 is 9.47 Å². The third-order valence-corrected chi connectivity index (χ3v) is 4.00. The molecule has 0 radical (unpaired) electrons. The average molecular weight is 389 g/mol. The van der Waals surface area contributed by atoms with E-state index in [0.717, 1.165) is 10.0 Å². The third kappa shape index (κ3) is 3.33. The molecule has 1 heterocycles. The molecule has 0 saturated heterocycles. The highest BCUT2D eigenvalue weighted by Gasteiger charge is 2.28. The Labute approximate surface area is 146 Å². The molecule has 0 saturated carbocycles. The fourth-order valence-electron chi connectivity index (χ4n) is 2.21. The van der Waals surface area contributed by atoms with Crippen LogP contribution in [0.25, 0.3) is 6.08 Å². The van der Waals surface area contributed by atoms with E-state index in [4.69, 9.17) is 14.6 Å². The summed E-state index contributed by atoms with van der Waals surface area (Å²) in [4.78, 5) is 23.2. The predicted octanol–water partition coefficient (Wildman–Crippen LogP) is 3.92. The molecule has 3 rings (SSSR count). The van der Waals surface area contributed by atoms with Crippen LogP contribution in [0.2, 0.25) is 0 Å². The molecular weight excluding hydrogens is 376 g/mol. The molecular formula is C18H13BrO5. The minimum atomic E-state index is -1.07. The number of fused-ring (bicyclic) bond motifs is 1. The monoisotopic (exact) mass is 388 g/mol. The number of ketones is 1. The van der Waals surface area contributed by atoms with Gasteiger partial charge in [0.2, 0.25) is 5.78 Å². The maximum absolute atomic E-state index is 12.4. The zero-order valence-corrected chi connectivity index (χ0v) is 14.2. The van der Waals surface area contributed by atoms with E-state index >= 15 is 0 Å². The minimum Gasteiger partial charge on any atom is -0.479 e. The van der Waals surface area contributed by atoms with E-state index in [1.807, 2.05) is 24.3 Å². The predicted molar refractivity (Wildman–Crippen MR) is 91.2 cm³/mol. The van der Waals surface area contributed by atoms with Crippen LogP contribution in [0.3, 0.4) is 0 Å². The van der Waals surface area contributed by atoms with Crippen molar-refractivity contribution in [3.63, 3.8) is 0 Å². The zero-order valence-electron chi connectivity index (χ0n) is 12.7. The van der Waals surface area contributed by atoms with Gasteiger partial charge >= 0.3 is 5.97 Å². The lowest BCUT2D eigenvalue weighted by atomic mass is 10.1. The topological polar surface area (TPSA) is 72.8 Å². The second kappa shape index (κ2) is 6.49. The van der Waals surface area contributed by atoms with E-state index in [2.05, 4.69) is 15.9 Å². The van der Waals surface area contributed by atoms with Crippen LogP contribution in [0.15, 0.2) is 52.7 Å². The van der Waals surface area contributed by atoms with Gasteiger partial charge < -0.3 is 14.6 Å². The molecule has 1 N–H and O–H groups in total. The number of allylic oxidation sites excluding steroid dienone is 1. The summed E-state index contributed by atoms with van der Waals surface area (Å²) in [6.45, 7) is 1.43. The van der Waals surface area contributed by atoms with E-state index < -0.39 is 12.1 Å². The van der Waals surface area contributed by atoms with Crippen molar-refractivity contribution >= 4 is 33.8 Å². The fourth-order valence-corrected chi connectivity index (χ4v) is 2.47. The molecule has 0 bridgehead atoms. The van der Waals surface area contributed by atoms with Crippen LogP contribution in [-0.2, 0) is 4.79 Å². The Bertz CT molecular complexity index is 839. The van der Waals surface area contributed by atoms with Gasteiger partial charge in [0, 0.05) is 10.5 Å². The molecule has 0 spiro atoms. The molecule has 6 heteroatoms. The van der Waals surface area contributed by atoms with Crippen molar-refractivity contribution in [2.75, 3.05) is 0 Å². The number of carboxylic acids is 1. The highest BCUT2D eigenvalue weighted by Crippen LogP contribution is 2.35. The molecule has 0 unspecified atom stereocenters. The molecule has 0 amide bonds. The number of benzene rings is 2. The summed E-state index contributed by atoms with van der Waals surface area (Å²) in [5, 5.41) is 8.88. The third-order valence-electron chi connectivity index (χ3n) is 3.47. The Kier molecular flexibility index (Phi) is 4.40. The van der Waals surface area contributed by atoms with Gasteiger partial charge in [-0.15, -0.1) is 0 Å². The van der Waals surface area contributed by atoms with Gasteiger partial charge in [-0.2, -0.15) is 0 Å². The Morgan fingerprint density at radius 3 is 2.62 bits per heavy atom. The van der Waals surface area contributed by atoms with Crippen molar-refractivity contribution < 1.29 is 24.2 Å². The largest absolute Gasteiger partial charge is 0.479 e. The number of ether oxygens (including phenoxy) is 2. The number of carboxylic acid groups (broad SMARTS) is 1. The molecule has 2 aromatic rings. The first-order valence-corrected chi connectivity index (χ1v) is 7.96.